The Morgan fingerprint density at radius 2 is 1.65 bits per heavy atom. The third kappa shape index (κ3) is 6.91. The molecule has 0 aromatic heterocycles. The minimum absolute atomic E-state index is 0.129. The Balaban J connectivity index is 1.64. The number of aryl methyl sites for hydroxylation is 4. The van der Waals surface area contributed by atoms with Gasteiger partial charge in [0, 0.05) is 13.0 Å². The van der Waals surface area contributed by atoms with Crippen molar-refractivity contribution in [3.8, 4) is 5.75 Å². The minimum Gasteiger partial charge on any atom is -0.491 e. The van der Waals surface area contributed by atoms with Gasteiger partial charge in [0.1, 0.15) is 5.75 Å². The van der Waals surface area contributed by atoms with Crippen molar-refractivity contribution in [2.24, 2.45) is 0 Å². The molecule has 3 nitrogen and oxygen atoms in total. The second kappa shape index (κ2) is 10.0. The molecule has 1 amide bonds. The molecule has 0 fully saturated rings. The van der Waals surface area contributed by atoms with E-state index in [-0.39, 0.29) is 12.0 Å². The Bertz CT molecular complexity index is 705. The van der Waals surface area contributed by atoms with Gasteiger partial charge >= 0.3 is 0 Å². The number of benzene rings is 2. The topological polar surface area (TPSA) is 38.3 Å². The van der Waals surface area contributed by atoms with Crippen LogP contribution in [0.3, 0.4) is 0 Å². The van der Waals surface area contributed by atoms with Gasteiger partial charge in [0.2, 0.25) is 5.91 Å². The molecule has 2 aromatic carbocycles. The van der Waals surface area contributed by atoms with E-state index in [1.165, 1.54) is 22.3 Å². The molecule has 0 heterocycles. The number of carbonyl (C=O) groups is 1. The maximum atomic E-state index is 12.0. The Morgan fingerprint density at radius 1 is 0.962 bits per heavy atom. The van der Waals surface area contributed by atoms with E-state index in [0.29, 0.717) is 6.42 Å². The Kier molecular flexibility index (Phi) is 7.71. The third-order valence-corrected chi connectivity index (χ3v) is 4.47. The normalized spacial score (nSPS) is 10.8. The monoisotopic (exact) mass is 353 g/mol. The quantitative estimate of drug-likeness (QED) is 0.659. The molecule has 0 spiro atoms. The fraction of sp³-hybridized carbons (Fsp3) is 0.435. The Morgan fingerprint density at radius 3 is 2.31 bits per heavy atom. The molecule has 0 saturated carbocycles. The van der Waals surface area contributed by atoms with E-state index in [0.717, 1.165) is 31.6 Å². The van der Waals surface area contributed by atoms with Crippen LogP contribution < -0.4 is 10.1 Å². The summed E-state index contributed by atoms with van der Waals surface area (Å²) in [6, 6.07) is 14.6. The largest absolute Gasteiger partial charge is 0.491 e. The van der Waals surface area contributed by atoms with Gasteiger partial charge in [-0.3, -0.25) is 4.79 Å². The Hall–Kier alpha value is -2.29. The molecule has 140 valence electrons. The zero-order valence-electron chi connectivity index (χ0n) is 16.5. The third-order valence-electron chi connectivity index (χ3n) is 4.47. The maximum absolute atomic E-state index is 12.0. The molecule has 26 heavy (non-hydrogen) atoms. The van der Waals surface area contributed by atoms with E-state index in [1.807, 2.05) is 26.0 Å². The van der Waals surface area contributed by atoms with Crippen LogP contribution >= 0.6 is 0 Å². The summed E-state index contributed by atoms with van der Waals surface area (Å²) in [5, 5.41) is 3.02. The lowest BCUT2D eigenvalue weighted by atomic mass is 10.0. The molecule has 0 saturated heterocycles. The van der Waals surface area contributed by atoms with E-state index in [4.69, 9.17) is 4.74 Å². The fourth-order valence-corrected chi connectivity index (χ4v) is 2.83. The summed E-state index contributed by atoms with van der Waals surface area (Å²) in [5.41, 5.74) is 5.08. The van der Waals surface area contributed by atoms with Crippen molar-refractivity contribution >= 4 is 5.91 Å². The summed E-state index contributed by atoms with van der Waals surface area (Å²) in [6.07, 6.45) is 3.44. The van der Waals surface area contributed by atoms with Crippen LogP contribution in [0.5, 0.6) is 5.75 Å². The maximum Gasteiger partial charge on any atom is 0.220 e. The van der Waals surface area contributed by atoms with Crippen LogP contribution in [0, 0.1) is 13.8 Å². The van der Waals surface area contributed by atoms with Gasteiger partial charge in [-0.15, -0.1) is 0 Å². The summed E-state index contributed by atoms with van der Waals surface area (Å²) in [7, 11) is 0. The van der Waals surface area contributed by atoms with Gasteiger partial charge in [-0.2, -0.15) is 0 Å². The number of hydrogen-bond acceptors (Lipinski definition) is 2. The zero-order chi connectivity index (χ0) is 18.9. The van der Waals surface area contributed by atoms with Gasteiger partial charge in [0.15, 0.2) is 0 Å². The predicted octanol–water partition coefficient (Wildman–Crippen LogP) is 4.77. The smallest absolute Gasteiger partial charge is 0.220 e. The second-order valence-corrected chi connectivity index (χ2v) is 7.18. The lowest BCUT2D eigenvalue weighted by Gasteiger charge is -2.10. The standard InChI is InChI=1S/C23H31NO2/c1-17(2)26-22-12-9-20(10-13-22)6-5-15-24-23(25)14-11-21-8-7-18(3)19(4)16-21/h7-10,12-13,16-17H,5-6,11,14-15H2,1-4H3,(H,24,25). The van der Waals surface area contributed by atoms with E-state index < -0.39 is 0 Å². The molecular formula is C23H31NO2. The summed E-state index contributed by atoms with van der Waals surface area (Å²) in [5.74, 6) is 1.03. The highest BCUT2D eigenvalue weighted by molar-refractivity contribution is 5.76. The molecule has 0 unspecified atom stereocenters. The highest BCUT2D eigenvalue weighted by Crippen LogP contribution is 2.15. The molecular weight excluding hydrogens is 322 g/mol. The van der Waals surface area contributed by atoms with Crippen molar-refractivity contribution in [1.82, 2.24) is 5.32 Å². The number of amides is 1. The van der Waals surface area contributed by atoms with Gasteiger partial charge in [0.25, 0.3) is 0 Å². The van der Waals surface area contributed by atoms with Gasteiger partial charge < -0.3 is 10.1 Å². The molecule has 0 aliphatic heterocycles. The lowest BCUT2D eigenvalue weighted by Crippen LogP contribution is -2.25. The molecule has 2 rings (SSSR count). The van der Waals surface area contributed by atoms with Gasteiger partial charge in [-0.1, -0.05) is 30.3 Å². The number of carbonyl (C=O) groups excluding carboxylic acids is 1. The number of rotatable bonds is 9. The van der Waals surface area contributed by atoms with Crippen molar-refractivity contribution in [2.75, 3.05) is 6.54 Å². The second-order valence-electron chi connectivity index (χ2n) is 7.18. The van der Waals surface area contributed by atoms with E-state index in [2.05, 4.69) is 49.5 Å². The first kappa shape index (κ1) is 20.0. The molecule has 1 N–H and O–H groups in total. The molecule has 2 aromatic rings. The van der Waals surface area contributed by atoms with Crippen molar-refractivity contribution in [2.45, 2.75) is 59.5 Å². The van der Waals surface area contributed by atoms with Crippen molar-refractivity contribution in [1.29, 1.82) is 0 Å². The highest BCUT2D eigenvalue weighted by atomic mass is 16.5. The predicted molar refractivity (Wildman–Crippen MR) is 108 cm³/mol. The van der Waals surface area contributed by atoms with Crippen LogP contribution in [-0.2, 0) is 17.6 Å². The van der Waals surface area contributed by atoms with Crippen LogP contribution in [0.4, 0.5) is 0 Å². The average molecular weight is 354 g/mol. The summed E-state index contributed by atoms with van der Waals surface area (Å²) < 4.78 is 5.65. The minimum atomic E-state index is 0.129. The zero-order valence-corrected chi connectivity index (χ0v) is 16.5. The van der Waals surface area contributed by atoms with Crippen molar-refractivity contribution in [3.05, 3.63) is 64.7 Å². The molecule has 3 heteroatoms. The van der Waals surface area contributed by atoms with E-state index in [1.54, 1.807) is 0 Å². The molecule has 0 aliphatic carbocycles. The first-order valence-electron chi connectivity index (χ1n) is 9.52. The van der Waals surface area contributed by atoms with Crippen LogP contribution in [0.15, 0.2) is 42.5 Å². The highest BCUT2D eigenvalue weighted by Gasteiger charge is 2.04. The number of nitrogens with one attached hydrogen (secondary N) is 1. The molecule has 0 atom stereocenters. The van der Waals surface area contributed by atoms with Gasteiger partial charge in [-0.05, 0) is 81.3 Å². The SMILES string of the molecule is Cc1ccc(CCC(=O)NCCCc2ccc(OC(C)C)cc2)cc1C. The van der Waals surface area contributed by atoms with Crippen molar-refractivity contribution < 1.29 is 9.53 Å². The lowest BCUT2D eigenvalue weighted by molar-refractivity contribution is -0.121. The Labute approximate surface area is 157 Å². The van der Waals surface area contributed by atoms with Crippen LogP contribution in [0.2, 0.25) is 0 Å². The fourth-order valence-electron chi connectivity index (χ4n) is 2.83. The first-order valence-corrected chi connectivity index (χ1v) is 9.52. The van der Waals surface area contributed by atoms with Crippen LogP contribution in [-0.4, -0.2) is 18.6 Å². The van der Waals surface area contributed by atoms with Gasteiger partial charge in [0.05, 0.1) is 6.10 Å². The molecule has 0 radical (unpaired) electrons. The molecule has 0 aliphatic rings. The summed E-state index contributed by atoms with van der Waals surface area (Å²) in [4.78, 5) is 12.0. The van der Waals surface area contributed by atoms with E-state index >= 15 is 0 Å². The molecule has 0 bridgehead atoms. The van der Waals surface area contributed by atoms with Crippen LogP contribution in [0.1, 0.15) is 48.9 Å². The van der Waals surface area contributed by atoms with Crippen molar-refractivity contribution in [3.63, 3.8) is 0 Å². The van der Waals surface area contributed by atoms with E-state index in [9.17, 15) is 4.79 Å². The summed E-state index contributed by atoms with van der Waals surface area (Å²) >= 11 is 0. The number of ether oxygens (including phenoxy) is 1. The first-order chi connectivity index (χ1) is 12.4. The number of hydrogen-bond donors (Lipinski definition) is 1. The summed E-state index contributed by atoms with van der Waals surface area (Å²) in [6.45, 7) is 8.99. The van der Waals surface area contributed by atoms with Crippen LogP contribution in [0.25, 0.3) is 0 Å². The average Bonchev–Trinajstić information content (AvgIpc) is 2.60. The van der Waals surface area contributed by atoms with Gasteiger partial charge in [-0.25, -0.2) is 0 Å².